The van der Waals surface area contributed by atoms with Crippen molar-refractivity contribution in [3.8, 4) is 0 Å². The fourth-order valence-electron chi connectivity index (χ4n) is 1.17. The van der Waals surface area contributed by atoms with Crippen LogP contribution < -0.4 is 6.15 Å². The van der Waals surface area contributed by atoms with E-state index < -0.39 is 0 Å². The van der Waals surface area contributed by atoms with Crippen LogP contribution in [0.2, 0.25) is 0 Å². The highest BCUT2D eigenvalue weighted by Gasteiger charge is 2.04. The van der Waals surface area contributed by atoms with Crippen molar-refractivity contribution < 1.29 is 9.53 Å². The summed E-state index contributed by atoms with van der Waals surface area (Å²) in [5, 5.41) is 0. The zero-order valence-electron chi connectivity index (χ0n) is 9.24. The fourth-order valence-corrected chi connectivity index (χ4v) is 1.17. The zero-order chi connectivity index (χ0) is 10.2. The number of unbranched alkanes of at least 4 members (excludes halogenated alkanes) is 2. The standard InChI is InChI=1S/C12H16O2.H3N/c1-2-3-7-10-14-12(13)11-8-5-4-6-9-11;/h4-6,8-9H,2-3,7,10H2,1H3;1H3. The highest BCUT2D eigenvalue weighted by atomic mass is 16.5. The maximum atomic E-state index is 11.4. The van der Waals surface area contributed by atoms with E-state index in [1.54, 1.807) is 12.1 Å². The minimum atomic E-state index is -0.221. The Labute approximate surface area is 91.0 Å². The molecule has 0 aliphatic rings. The van der Waals surface area contributed by atoms with Crippen LogP contribution in [0.3, 0.4) is 0 Å². The first-order valence-corrected chi connectivity index (χ1v) is 5.06. The lowest BCUT2D eigenvalue weighted by molar-refractivity contribution is 0.0498. The third-order valence-corrected chi connectivity index (χ3v) is 1.99. The summed E-state index contributed by atoms with van der Waals surface area (Å²) in [5.74, 6) is -0.221. The van der Waals surface area contributed by atoms with Crippen molar-refractivity contribution in [3.63, 3.8) is 0 Å². The summed E-state index contributed by atoms with van der Waals surface area (Å²) < 4.78 is 5.09. The molecule has 0 fully saturated rings. The topological polar surface area (TPSA) is 61.3 Å². The third kappa shape index (κ3) is 5.18. The van der Waals surface area contributed by atoms with Gasteiger partial charge >= 0.3 is 5.97 Å². The van der Waals surface area contributed by atoms with Gasteiger partial charge in [0.25, 0.3) is 0 Å². The van der Waals surface area contributed by atoms with Gasteiger partial charge in [-0.2, -0.15) is 0 Å². The summed E-state index contributed by atoms with van der Waals surface area (Å²) in [6.45, 7) is 2.65. The SMILES string of the molecule is CCCCCOC(=O)c1ccccc1.N. The summed E-state index contributed by atoms with van der Waals surface area (Å²) in [7, 11) is 0. The highest BCUT2D eigenvalue weighted by molar-refractivity contribution is 5.89. The van der Waals surface area contributed by atoms with E-state index in [1.807, 2.05) is 18.2 Å². The fraction of sp³-hybridized carbons (Fsp3) is 0.417. The second kappa shape index (κ2) is 8.00. The van der Waals surface area contributed by atoms with Crippen LogP contribution >= 0.6 is 0 Å². The third-order valence-electron chi connectivity index (χ3n) is 1.99. The molecule has 0 spiro atoms. The number of hydrogen-bond acceptors (Lipinski definition) is 3. The van der Waals surface area contributed by atoms with Crippen molar-refractivity contribution in [2.24, 2.45) is 0 Å². The van der Waals surface area contributed by atoms with Gasteiger partial charge in [0, 0.05) is 0 Å². The first-order valence-electron chi connectivity index (χ1n) is 5.06. The molecule has 3 heteroatoms. The van der Waals surface area contributed by atoms with Gasteiger partial charge in [-0.15, -0.1) is 0 Å². The maximum Gasteiger partial charge on any atom is 0.338 e. The van der Waals surface area contributed by atoms with Crippen LogP contribution in [0.5, 0.6) is 0 Å². The Morgan fingerprint density at radius 1 is 1.20 bits per heavy atom. The first-order chi connectivity index (χ1) is 6.84. The minimum absolute atomic E-state index is 0. The second-order valence-corrected chi connectivity index (χ2v) is 3.21. The number of carbonyl (C=O) groups is 1. The Morgan fingerprint density at radius 3 is 2.47 bits per heavy atom. The molecule has 84 valence electrons. The summed E-state index contributed by atoms with van der Waals surface area (Å²) >= 11 is 0. The lowest BCUT2D eigenvalue weighted by atomic mass is 10.2. The Kier molecular flexibility index (Phi) is 7.28. The maximum absolute atomic E-state index is 11.4. The van der Waals surface area contributed by atoms with Crippen molar-refractivity contribution in [3.05, 3.63) is 35.9 Å². The second-order valence-electron chi connectivity index (χ2n) is 3.21. The highest BCUT2D eigenvalue weighted by Crippen LogP contribution is 2.02. The number of esters is 1. The Balaban J connectivity index is 0.00000196. The van der Waals surface area contributed by atoms with E-state index in [1.165, 1.54) is 0 Å². The number of hydrogen-bond donors (Lipinski definition) is 1. The number of carbonyl (C=O) groups excluding carboxylic acids is 1. The predicted octanol–water partition coefficient (Wildman–Crippen LogP) is 3.20. The monoisotopic (exact) mass is 209 g/mol. The lowest BCUT2D eigenvalue weighted by Crippen LogP contribution is -2.05. The van der Waals surface area contributed by atoms with Gasteiger partial charge in [0.15, 0.2) is 0 Å². The van der Waals surface area contributed by atoms with Crippen LogP contribution in [-0.2, 0) is 4.74 Å². The number of rotatable bonds is 5. The smallest absolute Gasteiger partial charge is 0.338 e. The number of ether oxygens (including phenoxy) is 1. The van der Waals surface area contributed by atoms with Crippen LogP contribution in [0.1, 0.15) is 36.5 Å². The summed E-state index contributed by atoms with van der Waals surface area (Å²) in [4.78, 5) is 11.4. The molecule has 0 aromatic heterocycles. The molecular weight excluding hydrogens is 190 g/mol. The quantitative estimate of drug-likeness (QED) is 0.598. The molecule has 0 bridgehead atoms. The largest absolute Gasteiger partial charge is 0.462 e. The van der Waals surface area contributed by atoms with Gasteiger partial charge in [-0.05, 0) is 18.6 Å². The minimum Gasteiger partial charge on any atom is -0.462 e. The van der Waals surface area contributed by atoms with Crippen molar-refractivity contribution in [2.75, 3.05) is 6.61 Å². The van der Waals surface area contributed by atoms with Crippen LogP contribution in [-0.4, -0.2) is 12.6 Å². The molecule has 0 amide bonds. The predicted molar refractivity (Wildman–Crippen MR) is 61.3 cm³/mol. The first kappa shape index (κ1) is 13.7. The molecule has 0 aliphatic carbocycles. The normalized spacial score (nSPS) is 9.13. The molecule has 1 aromatic rings. The van der Waals surface area contributed by atoms with Crippen LogP contribution in [0.4, 0.5) is 0 Å². The van der Waals surface area contributed by atoms with E-state index in [-0.39, 0.29) is 12.1 Å². The molecule has 0 radical (unpaired) electrons. The molecule has 0 heterocycles. The molecular formula is C12H19NO2. The van der Waals surface area contributed by atoms with E-state index in [4.69, 9.17) is 4.74 Å². The van der Waals surface area contributed by atoms with Crippen LogP contribution in [0, 0.1) is 0 Å². The van der Waals surface area contributed by atoms with E-state index in [9.17, 15) is 4.79 Å². The van der Waals surface area contributed by atoms with Gasteiger partial charge < -0.3 is 10.9 Å². The van der Waals surface area contributed by atoms with Crippen molar-refractivity contribution >= 4 is 5.97 Å². The zero-order valence-corrected chi connectivity index (χ0v) is 9.24. The molecule has 3 nitrogen and oxygen atoms in total. The van der Waals surface area contributed by atoms with Crippen molar-refractivity contribution in [2.45, 2.75) is 26.2 Å². The molecule has 0 unspecified atom stereocenters. The lowest BCUT2D eigenvalue weighted by Gasteiger charge is -2.03. The molecule has 0 atom stereocenters. The Hall–Kier alpha value is -1.35. The molecule has 0 saturated heterocycles. The number of benzene rings is 1. The average molecular weight is 209 g/mol. The van der Waals surface area contributed by atoms with E-state index in [0.29, 0.717) is 12.2 Å². The van der Waals surface area contributed by atoms with Gasteiger partial charge in [-0.3, -0.25) is 0 Å². The summed E-state index contributed by atoms with van der Waals surface area (Å²) in [6.07, 6.45) is 3.21. The van der Waals surface area contributed by atoms with Gasteiger partial charge in [0.05, 0.1) is 12.2 Å². The van der Waals surface area contributed by atoms with Gasteiger partial charge in [0.2, 0.25) is 0 Å². The average Bonchev–Trinajstić information content (AvgIpc) is 2.25. The Bertz CT molecular complexity index is 272. The summed E-state index contributed by atoms with van der Waals surface area (Å²) in [6, 6.07) is 9.09. The van der Waals surface area contributed by atoms with Gasteiger partial charge in [0.1, 0.15) is 0 Å². The molecule has 1 aromatic carbocycles. The molecule has 1 rings (SSSR count). The van der Waals surface area contributed by atoms with E-state index in [0.717, 1.165) is 19.3 Å². The van der Waals surface area contributed by atoms with E-state index in [2.05, 4.69) is 6.92 Å². The van der Waals surface area contributed by atoms with Crippen molar-refractivity contribution in [1.29, 1.82) is 0 Å². The van der Waals surface area contributed by atoms with Crippen LogP contribution in [0.15, 0.2) is 30.3 Å². The molecule has 15 heavy (non-hydrogen) atoms. The van der Waals surface area contributed by atoms with Gasteiger partial charge in [-0.25, -0.2) is 4.79 Å². The molecule has 0 aliphatic heterocycles. The van der Waals surface area contributed by atoms with Gasteiger partial charge in [-0.1, -0.05) is 38.0 Å². The Morgan fingerprint density at radius 2 is 1.87 bits per heavy atom. The van der Waals surface area contributed by atoms with Crippen molar-refractivity contribution in [1.82, 2.24) is 6.15 Å². The molecule has 0 saturated carbocycles. The van der Waals surface area contributed by atoms with E-state index >= 15 is 0 Å². The molecule has 3 N–H and O–H groups in total. The summed E-state index contributed by atoms with van der Waals surface area (Å²) in [5.41, 5.74) is 0.629. The van der Waals surface area contributed by atoms with Crippen LogP contribution in [0.25, 0.3) is 0 Å².